The first-order valence-electron chi connectivity index (χ1n) is 8.61. The molecule has 2 N–H and O–H groups in total. The maximum absolute atomic E-state index is 12.3. The van der Waals surface area contributed by atoms with Crippen LogP contribution in [0.3, 0.4) is 0 Å². The molecule has 134 valence electrons. The summed E-state index contributed by atoms with van der Waals surface area (Å²) >= 11 is 0. The van der Waals surface area contributed by atoms with Gasteiger partial charge in [0.05, 0.1) is 6.54 Å². The minimum Gasteiger partial charge on any atom is -0.354 e. The van der Waals surface area contributed by atoms with E-state index in [9.17, 15) is 14.4 Å². The molecule has 0 atom stereocenters. The van der Waals surface area contributed by atoms with Crippen molar-refractivity contribution >= 4 is 17.7 Å². The van der Waals surface area contributed by atoms with Crippen molar-refractivity contribution in [3.05, 3.63) is 60.2 Å². The topological polar surface area (TPSA) is 78.5 Å². The number of hydrogen-bond donors (Lipinski definition) is 2. The molecule has 6 heteroatoms. The molecular formula is C20H21N3O3. The summed E-state index contributed by atoms with van der Waals surface area (Å²) < 4.78 is 0. The van der Waals surface area contributed by atoms with Crippen LogP contribution in [0.15, 0.2) is 54.6 Å². The van der Waals surface area contributed by atoms with Crippen molar-refractivity contribution in [1.29, 1.82) is 0 Å². The van der Waals surface area contributed by atoms with E-state index in [2.05, 4.69) is 10.6 Å². The molecule has 1 heterocycles. The quantitative estimate of drug-likeness (QED) is 0.875. The van der Waals surface area contributed by atoms with E-state index in [1.165, 1.54) is 0 Å². The third-order valence-electron chi connectivity index (χ3n) is 4.32. The van der Waals surface area contributed by atoms with Crippen LogP contribution in [-0.4, -0.2) is 48.8 Å². The molecule has 0 radical (unpaired) electrons. The lowest BCUT2D eigenvalue weighted by Gasteiger charge is -2.19. The van der Waals surface area contributed by atoms with Crippen LogP contribution in [0.2, 0.25) is 0 Å². The van der Waals surface area contributed by atoms with Gasteiger partial charge in [0.2, 0.25) is 11.8 Å². The first-order chi connectivity index (χ1) is 12.6. The molecule has 0 bridgehead atoms. The SMILES string of the molecule is O=C1CCN(C(=O)CNC(=O)c2ccc(-c3ccccc3)cc2)CCN1. The van der Waals surface area contributed by atoms with Crippen LogP contribution >= 0.6 is 0 Å². The Hall–Kier alpha value is -3.15. The summed E-state index contributed by atoms with van der Waals surface area (Å²) in [5, 5.41) is 5.37. The number of amides is 3. The van der Waals surface area contributed by atoms with E-state index >= 15 is 0 Å². The molecule has 1 saturated heterocycles. The van der Waals surface area contributed by atoms with Gasteiger partial charge in [-0.3, -0.25) is 14.4 Å². The summed E-state index contributed by atoms with van der Waals surface area (Å²) in [5.74, 6) is -0.527. The molecule has 1 aliphatic heterocycles. The number of hydrogen-bond acceptors (Lipinski definition) is 3. The second kappa shape index (κ2) is 8.29. The maximum atomic E-state index is 12.3. The van der Waals surface area contributed by atoms with Crippen LogP contribution in [0.25, 0.3) is 11.1 Å². The normalized spacial score (nSPS) is 14.3. The Bertz CT molecular complexity index is 788. The third kappa shape index (κ3) is 4.47. The van der Waals surface area contributed by atoms with Gasteiger partial charge in [-0.1, -0.05) is 42.5 Å². The Labute approximate surface area is 152 Å². The molecule has 1 aliphatic rings. The van der Waals surface area contributed by atoms with E-state index < -0.39 is 0 Å². The van der Waals surface area contributed by atoms with Crippen LogP contribution in [0.4, 0.5) is 0 Å². The average Bonchev–Trinajstić information content (AvgIpc) is 2.91. The maximum Gasteiger partial charge on any atom is 0.251 e. The standard InChI is InChI=1S/C20H21N3O3/c24-18-10-12-23(13-11-21-18)19(25)14-22-20(26)17-8-6-16(7-9-17)15-4-2-1-3-5-15/h1-9H,10-14H2,(H,21,24)(H,22,26). The van der Waals surface area contributed by atoms with Crippen molar-refractivity contribution in [2.45, 2.75) is 6.42 Å². The number of carbonyl (C=O) groups excluding carboxylic acids is 3. The average molecular weight is 351 g/mol. The number of carbonyl (C=O) groups is 3. The molecule has 0 aliphatic carbocycles. The van der Waals surface area contributed by atoms with Gasteiger partial charge in [-0.2, -0.15) is 0 Å². The Kier molecular flexibility index (Phi) is 5.63. The van der Waals surface area contributed by atoms with E-state index in [-0.39, 0.29) is 24.3 Å². The number of rotatable bonds is 4. The van der Waals surface area contributed by atoms with E-state index in [0.29, 0.717) is 31.6 Å². The lowest BCUT2D eigenvalue weighted by atomic mass is 10.0. The Morgan fingerprint density at radius 1 is 0.962 bits per heavy atom. The Balaban J connectivity index is 1.55. The van der Waals surface area contributed by atoms with Gasteiger partial charge in [0.1, 0.15) is 0 Å². The molecule has 0 unspecified atom stereocenters. The second-order valence-corrected chi connectivity index (χ2v) is 6.11. The summed E-state index contributed by atoms with van der Waals surface area (Å²) in [6, 6.07) is 17.2. The molecule has 26 heavy (non-hydrogen) atoms. The van der Waals surface area contributed by atoms with Gasteiger partial charge in [-0.15, -0.1) is 0 Å². The first kappa shape index (κ1) is 17.7. The van der Waals surface area contributed by atoms with Gasteiger partial charge in [-0.05, 0) is 23.3 Å². The minimum atomic E-state index is -0.290. The molecule has 0 saturated carbocycles. The fourth-order valence-electron chi connectivity index (χ4n) is 2.83. The molecule has 2 aromatic rings. The highest BCUT2D eigenvalue weighted by Crippen LogP contribution is 2.19. The number of nitrogens with zero attached hydrogens (tertiary/aromatic N) is 1. The zero-order valence-corrected chi connectivity index (χ0v) is 14.4. The van der Waals surface area contributed by atoms with Crippen LogP contribution in [-0.2, 0) is 9.59 Å². The van der Waals surface area contributed by atoms with Crippen molar-refractivity contribution in [2.24, 2.45) is 0 Å². The predicted octanol–water partition coefficient (Wildman–Crippen LogP) is 1.43. The van der Waals surface area contributed by atoms with Gasteiger partial charge in [0.15, 0.2) is 0 Å². The molecule has 2 aromatic carbocycles. The fraction of sp³-hybridized carbons (Fsp3) is 0.250. The molecule has 0 aromatic heterocycles. The summed E-state index contributed by atoms with van der Waals surface area (Å²) in [7, 11) is 0. The number of benzene rings is 2. The molecular weight excluding hydrogens is 330 g/mol. The summed E-state index contributed by atoms with van der Waals surface area (Å²) in [6.07, 6.45) is 0.292. The van der Waals surface area contributed by atoms with Gasteiger partial charge in [0, 0.05) is 31.6 Å². The summed E-state index contributed by atoms with van der Waals surface area (Å²) in [6.45, 7) is 1.21. The van der Waals surface area contributed by atoms with E-state index in [0.717, 1.165) is 11.1 Å². The lowest BCUT2D eigenvalue weighted by Crippen LogP contribution is -2.41. The van der Waals surface area contributed by atoms with Gasteiger partial charge in [0.25, 0.3) is 5.91 Å². The third-order valence-corrected chi connectivity index (χ3v) is 4.32. The smallest absolute Gasteiger partial charge is 0.251 e. The fourth-order valence-corrected chi connectivity index (χ4v) is 2.83. The van der Waals surface area contributed by atoms with Gasteiger partial charge in [-0.25, -0.2) is 0 Å². The highest BCUT2D eigenvalue weighted by molar-refractivity contribution is 5.97. The number of nitrogens with one attached hydrogen (secondary N) is 2. The Morgan fingerprint density at radius 3 is 2.38 bits per heavy atom. The summed E-state index contributed by atoms with van der Waals surface area (Å²) in [5.41, 5.74) is 2.61. The second-order valence-electron chi connectivity index (χ2n) is 6.11. The highest BCUT2D eigenvalue weighted by atomic mass is 16.2. The molecule has 3 amide bonds. The van der Waals surface area contributed by atoms with Crippen LogP contribution in [0.1, 0.15) is 16.8 Å². The van der Waals surface area contributed by atoms with E-state index in [1.54, 1.807) is 17.0 Å². The van der Waals surface area contributed by atoms with Gasteiger partial charge >= 0.3 is 0 Å². The van der Waals surface area contributed by atoms with Crippen LogP contribution in [0, 0.1) is 0 Å². The highest BCUT2D eigenvalue weighted by Gasteiger charge is 2.19. The van der Waals surface area contributed by atoms with Crippen LogP contribution in [0.5, 0.6) is 0 Å². The lowest BCUT2D eigenvalue weighted by molar-refractivity contribution is -0.130. The zero-order valence-electron chi connectivity index (χ0n) is 14.4. The monoisotopic (exact) mass is 351 g/mol. The predicted molar refractivity (Wildman–Crippen MR) is 98.4 cm³/mol. The van der Waals surface area contributed by atoms with Gasteiger partial charge < -0.3 is 15.5 Å². The van der Waals surface area contributed by atoms with Crippen molar-refractivity contribution in [3.63, 3.8) is 0 Å². The molecule has 1 fully saturated rings. The zero-order chi connectivity index (χ0) is 18.4. The summed E-state index contributed by atoms with van der Waals surface area (Å²) in [4.78, 5) is 37.4. The van der Waals surface area contributed by atoms with E-state index in [4.69, 9.17) is 0 Å². The first-order valence-corrected chi connectivity index (χ1v) is 8.61. The Morgan fingerprint density at radius 2 is 1.65 bits per heavy atom. The largest absolute Gasteiger partial charge is 0.354 e. The molecule has 6 nitrogen and oxygen atoms in total. The molecule has 0 spiro atoms. The van der Waals surface area contributed by atoms with Crippen LogP contribution < -0.4 is 10.6 Å². The van der Waals surface area contributed by atoms with Crippen molar-refractivity contribution in [2.75, 3.05) is 26.2 Å². The van der Waals surface area contributed by atoms with E-state index in [1.807, 2.05) is 42.5 Å². The van der Waals surface area contributed by atoms with Crippen molar-refractivity contribution in [1.82, 2.24) is 15.5 Å². The van der Waals surface area contributed by atoms with Crippen molar-refractivity contribution < 1.29 is 14.4 Å². The van der Waals surface area contributed by atoms with Crippen molar-refractivity contribution in [3.8, 4) is 11.1 Å². The minimum absolute atomic E-state index is 0.0529. The molecule has 3 rings (SSSR count).